The smallest absolute Gasteiger partial charge is 0.411 e. The molecule has 12 rings (SSSR count). The Kier molecular flexibility index (Phi) is 12.4. The molecular formula is C55H48ClF3N10O8S. The molecule has 23 heteroatoms. The number of halogens is 4. The van der Waals surface area contributed by atoms with Gasteiger partial charge in [0.05, 0.1) is 49.8 Å². The lowest BCUT2D eigenvalue weighted by Gasteiger charge is -2.41. The van der Waals surface area contributed by atoms with Gasteiger partial charge in [0.2, 0.25) is 0 Å². The molecule has 2 amide bonds. The zero-order chi connectivity index (χ0) is 54.7. The van der Waals surface area contributed by atoms with Crippen molar-refractivity contribution in [3.8, 4) is 34.6 Å². The Morgan fingerprint density at radius 2 is 1.92 bits per heavy atom. The van der Waals surface area contributed by atoms with Crippen LogP contribution < -0.4 is 26.2 Å². The second-order valence-corrected chi connectivity index (χ2v) is 22.0. The molecule has 0 radical (unpaired) electrons. The van der Waals surface area contributed by atoms with E-state index in [4.69, 9.17) is 41.5 Å². The number of hydrogen-bond acceptors (Lipinski definition) is 16. The molecule has 4 atom stereocenters. The Balaban J connectivity index is 0.750. The Morgan fingerprint density at radius 1 is 1.10 bits per heavy atom. The highest BCUT2D eigenvalue weighted by molar-refractivity contribution is 7.23. The van der Waals surface area contributed by atoms with Crippen LogP contribution in [0.15, 0.2) is 65.5 Å². The number of aliphatic hydroxyl groups is 1. The maximum Gasteiger partial charge on any atom is 0.411 e. The van der Waals surface area contributed by atoms with Gasteiger partial charge in [-0.3, -0.25) is 19.8 Å². The van der Waals surface area contributed by atoms with E-state index in [-0.39, 0.29) is 141 Å². The van der Waals surface area contributed by atoms with Crippen LogP contribution >= 0.6 is 22.9 Å². The van der Waals surface area contributed by atoms with Gasteiger partial charge in [0, 0.05) is 82.8 Å². The van der Waals surface area contributed by atoms with Gasteiger partial charge >= 0.3 is 18.1 Å². The number of pyridine rings is 2. The van der Waals surface area contributed by atoms with Crippen LogP contribution in [-0.2, 0) is 37.8 Å². The molecule has 5 aliphatic heterocycles. The number of carbonyl (C=O) groups excluding carboxylic acids is 3. The molecule has 0 unspecified atom stereocenters. The van der Waals surface area contributed by atoms with Gasteiger partial charge in [-0.2, -0.15) is 15.2 Å². The summed E-state index contributed by atoms with van der Waals surface area (Å²) in [6.07, 6.45) is -0.0281. The second kappa shape index (κ2) is 19.0. The molecular weight excluding hydrogens is 1050 g/mol. The Hall–Kier alpha value is -7.84. The van der Waals surface area contributed by atoms with Crippen molar-refractivity contribution in [2.45, 2.75) is 76.0 Å². The maximum atomic E-state index is 17.4. The number of esters is 1. The number of piperazine rings is 1. The number of aromatic nitrogens is 4. The second-order valence-electron chi connectivity index (χ2n) is 20.5. The van der Waals surface area contributed by atoms with Gasteiger partial charge in [-0.15, -0.1) is 11.3 Å². The SMILES string of the molecule is C=C(COC(=O)Nc1ccc2nc3c(cc2c1)Cn1c-3cc2c(c1=O)COC(=O)[C@]2(O)CC)C(=O)N1CCN(c2nc(OC[C@@]34CCCN3C[C@H](F)C4)nc3c(F)c(-c4ccc(F)c5sc(N)c(C#N)c45)c(Cl)cc23)[C@@H](C)C1. The molecule has 5 aliphatic rings. The Labute approximate surface area is 451 Å². The zero-order valence-corrected chi connectivity index (χ0v) is 43.6. The molecule has 0 saturated carbocycles. The number of cyclic esters (lactones) is 1. The number of benzene rings is 3. The molecule has 4 aromatic heterocycles. The van der Waals surface area contributed by atoms with Crippen molar-refractivity contribution in [3.63, 3.8) is 0 Å². The van der Waals surface area contributed by atoms with Crippen molar-refractivity contribution in [2.24, 2.45) is 0 Å². The van der Waals surface area contributed by atoms with Crippen molar-refractivity contribution < 1.29 is 46.9 Å². The summed E-state index contributed by atoms with van der Waals surface area (Å²) < 4.78 is 65.9. The number of nitrogens with zero attached hydrogens (tertiary/aromatic N) is 8. The van der Waals surface area contributed by atoms with Crippen LogP contribution in [-0.4, -0.2) is 116 Å². The van der Waals surface area contributed by atoms with Crippen LogP contribution in [0, 0.1) is 23.0 Å². The molecule has 9 heterocycles. The van der Waals surface area contributed by atoms with E-state index in [0.717, 1.165) is 29.4 Å². The average Bonchev–Trinajstić information content (AvgIpc) is 4.24. The molecule has 0 aliphatic carbocycles. The summed E-state index contributed by atoms with van der Waals surface area (Å²) in [5.74, 6) is -2.54. The minimum atomic E-state index is -1.95. The summed E-state index contributed by atoms with van der Waals surface area (Å²) in [5.41, 5.74) is 6.08. The topological polar surface area (TPSA) is 231 Å². The number of carbonyl (C=O) groups is 3. The quantitative estimate of drug-likeness (QED) is 0.0868. The summed E-state index contributed by atoms with van der Waals surface area (Å²) in [4.78, 5) is 73.0. The number of anilines is 3. The van der Waals surface area contributed by atoms with Crippen LogP contribution in [0.25, 0.3) is 54.4 Å². The van der Waals surface area contributed by atoms with Crippen LogP contribution in [0.4, 0.5) is 34.5 Å². The van der Waals surface area contributed by atoms with E-state index < -0.39 is 59.6 Å². The van der Waals surface area contributed by atoms with Gasteiger partial charge in [-0.05, 0) is 80.8 Å². The fraction of sp³-hybridized carbons (Fsp3) is 0.345. The summed E-state index contributed by atoms with van der Waals surface area (Å²) in [6.45, 7) is 8.47. The number of nitrogens with two attached hydrogens (primary N) is 1. The van der Waals surface area contributed by atoms with Gasteiger partial charge in [0.25, 0.3) is 11.5 Å². The minimum Gasteiger partial charge on any atom is -0.461 e. The Morgan fingerprint density at radius 3 is 2.71 bits per heavy atom. The number of ether oxygens (including phenoxy) is 3. The van der Waals surface area contributed by atoms with Crippen molar-refractivity contribution in [2.75, 3.05) is 61.9 Å². The average molecular weight is 1100 g/mol. The van der Waals surface area contributed by atoms with E-state index in [2.05, 4.69) is 21.8 Å². The summed E-state index contributed by atoms with van der Waals surface area (Å²) in [5, 5.41) is 24.9. The van der Waals surface area contributed by atoms with Crippen molar-refractivity contribution in [1.82, 2.24) is 29.3 Å². The third-order valence-corrected chi connectivity index (χ3v) is 17.2. The van der Waals surface area contributed by atoms with Crippen LogP contribution in [0.5, 0.6) is 6.01 Å². The standard InChI is InChI=1S/C55H48ClF3N10O8S/c1-4-55(74)36-17-40-44-29(21-69(40)50(71)35(36)24-75-51(55)72)14-28-15-31(6-9-39(28)63-44)62-53(73)76-23-26(2)49(70)66-12-13-68(27(3)20-66)48-33-16-37(56)42(32-7-8-38(58)46-41(32)34(19-60)47(61)78-46)43(59)45(33)64-52(65-48)77-25-54-10-5-11-67(54)22-30(57)18-54/h6-9,14-17,27,30,74H,2,4-5,10-13,18,20-25,61H2,1,3H3,(H,62,73)/t27-,30+,54-,55-/m0/s1. The molecule has 400 valence electrons. The number of thiophene rings is 1. The minimum absolute atomic E-state index is 0.00280. The number of amides is 2. The fourth-order valence-corrected chi connectivity index (χ4v) is 13.2. The predicted octanol–water partition coefficient (Wildman–Crippen LogP) is 8.09. The zero-order valence-electron chi connectivity index (χ0n) is 42.1. The fourth-order valence-electron chi connectivity index (χ4n) is 12.0. The first kappa shape index (κ1) is 50.9. The van der Waals surface area contributed by atoms with E-state index in [1.807, 2.05) is 24.0 Å². The third kappa shape index (κ3) is 8.16. The van der Waals surface area contributed by atoms with E-state index >= 15 is 8.78 Å². The lowest BCUT2D eigenvalue weighted by molar-refractivity contribution is -0.172. The van der Waals surface area contributed by atoms with Gasteiger partial charge in [-0.1, -0.05) is 31.2 Å². The lowest BCUT2D eigenvalue weighted by atomic mass is 9.86. The normalized spacial score (nSPS) is 21.5. The molecule has 0 spiro atoms. The third-order valence-electron chi connectivity index (χ3n) is 15.9. The van der Waals surface area contributed by atoms with Crippen molar-refractivity contribution in [3.05, 3.63) is 110 Å². The van der Waals surface area contributed by atoms with Crippen LogP contribution in [0.1, 0.15) is 61.8 Å². The van der Waals surface area contributed by atoms with Gasteiger partial charge < -0.3 is 39.4 Å². The first-order valence-electron chi connectivity index (χ1n) is 25.3. The number of nitriles is 1. The Bertz CT molecular complexity index is 3910. The molecule has 78 heavy (non-hydrogen) atoms. The monoisotopic (exact) mass is 1100 g/mol. The number of nitrogens with one attached hydrogen (secondary N) is 1. The van der Waals surface area contributed by atoms with E-state index in [9.17, 15) is 33.9 Å². The van der Waals surface area contributed by atoms with Gasteiger partial charge in [-0.25, -0.2) is 27.7 Å². The van der Waals surface area contributed by atoms with Crippen molar-refractivity contribution in [1.29, 1.82) is 5.26 Å². The largest absolute Gasteiger partial charge is 0.461 e. The molecule has 4 N–H and O–H groups in total. The number of rotatable bonds is 10. The van der Waals surface area contributed by atoms with E-state index in [1.54, 1.807) is 36.1 Å². The summed E-state index contributed by atoms with van der Waals surface area (Å²) in [7, 11) is 0. The molecule has 18 nitrogen and oxygen atoms in total. The van der Waals surface area contributed by atoms with Crippen molar-refractivity contribution >= 4 is 89.3 Å². The number of alkyl halides is 1. The summed E-state index contributed by atoms with van der Waals surface area (Å²) >= 11 is 7.83. The maximum absolute atomic E-state index is 17.4. The van der Waals surface area contributed by atoms with E-state index in [1.165, 1.54) is 16.7 Å². The molecule has 3 saturated heterocycles. The van der Waals surface area contributed by atoms with Gasteiger partial charge in [0.15, 0.2) is 11.4 Å². The van der Waals surface area contributed by atoms with E-state index in [0.29, 0.717) is 40.9 Å². The molecule has 0 bridgehead atoms. The number of hydrogen-bond donors (Lipinski definition) is 3. The molecule has 3 aromatic carbocycles. The summed E-state index contributed by atoms with van der Waals surface area (Å²) in [6, 6.07) is 13.9. The molecule has 3 fully saturated rings. The number of nitrogen functional groups attached to an aromatic ring is 1. The number of fused-ring (bicyclic) bond motifs is 8. The lowest BCUT2D eigenvalue weighted by Crippen LogP contribution is -2.54. The highest BCUT2D eigenvalue weighted by Gasteiger charge is 2.50. The highest BCUT2D eigenvalue weighted by Crippen LogP contribution is 2.47. The van der Waals surface area contributed by atoms with Gasteiger partial charge in [0.1, 0.15) is 54.2 Å². The highest BCUT2D eigenvalue weighted by atomic mass is 35.5. The first-order valence-corrected chi connectivity index (χ1v) is 26.5. The predicted molar refractivity (Wildman–Crippen MR) is 285 cm³/mol. The first-order chi connectivity index (χ1) is 37.4. The molecule has 7 aromatic rings. The van der Waals surface area contributed by atoms with Crippen LogP contribution in [0.2, 0.25) is 5.02 Å². The van der Waals surface area contributed by atoms with Crippen LogP contribution in [0.3, 0.4) is 0 Å².